The summed E-state index contributed by atoms with van der Waals surface area (Å²) in [4.78, 5) is 35.2. The molecule has 0 atom stereocenters. The molecule has 0 amide bonds. The minimum absolute atomic E-state index is 0.0297. The molecule has 0 fully saturated rings. The van der Waals surface area contributed by atoms with Crippen LogP contribution in [0.4, 0.5) is 4.39 Å². The van der Waals surface area contributed by atoms with Crippen molar-refractivity contribution in [1.29, 1.82) is 0 Å². The van der Waals surface area contributed by atoms with Gasteiger partial charge in [0.1, 0.15) is 0 Å². The normalized spacial score (nSPS) is 10.1. The number of aryl methyl sites for hydroxylation is 1. The number of aromatic amines is 1. The van der Waals surface area contributed by atoms with Crippen LogP contribution in [0.3, 0.4) is 0 Å². The van der Waals surface area contributed by atoms with Crippen LogP contribution in [0.5, 0.6) is 0 Å². The molecule has 17 heavy (non-hydrogen) atoms. The molecule has 6 nitrogen and oxygen atoms in total. The summed E-state index contributed by atoms with van der Waals surface area (Å²) in [6, 6.07) is 0. The van der Waals surface area contributed by atoms with Crippen LogP contribution in [-0.4, -0.2) is 34.4 Å². The Bertz CT molecular complexity index is 491. The molecule has 0 unspecified atom stereocenters. The minimum atomic E-state index is -1.79. The fourth-order valence-electron chi connectivity index (χ4n) is 1.32. The van der Waals surface area contributed by atoms with Crippen molar-refractivity contribution in [2.24, 2.45) is 0 Å². The minimum Gasteiger partial charge on any atom is -0.475 e. The number of esters is 1. The lowest BCUT2D eigenvalue weighted by molar-refractivity contribution is -0.131. The van der Waals surface area contributed by atoms with Crippen molar-refractivity contribution in [3.8, 4) is 0 Å². The monoisotopic (exact) mass is 243 g/mol. The van der Waals surface area contributed by atoms with E-state index in [1.54, 1.807) is 0 Å². The van der Waals surface area contributed by atoms with Gasteiger partial charge in [-0.2, -0.15) is 0 Å². The second-order valence-corrected chi connectivity index (χ2v) is 3.17. The Labute approximate surface area is 95.4 Å². The predicted octanol–water partition coefficient (Wildman–Crippen LogP) is 0.906. The lowest BCUT2D eigenvalue weighted by Crippen LogP contribution is -2.15. The molecule has 1 aromatic heterocycles. The summed E-state index contributed by atoms with van der Waals surface area (Å²) >= 11 is 0. The topological polar surface area (TPSA) is 96.5 Å². The third-order valence-electron chi connectivity index (χ3n) is 2.03. The number of carboxylic acid groups (broad SMARTS) is 1. The molecule has 0 aliphatic heterocycles. The van der Waals surface area contributed by atoms with E-state index in [9.17, 15) is 18.8 Å². The SMILES string of the molecule is CCOC(=O)c1[nH]c(C)c(C(=O)C(=O)O)c1F. The summed E-state index contributed by atoms with van der Waals surface area (Å²) < 4.78 is 18.2. The predicted molar refractivity (Wildman–Crippen MR) is 53.4 cm³/mol. The number of aromatic nitrogens is 1. The number of carboxylic acids is 1. The molecule has 0 aliphatic rings. The highest BCUT2D eigenvalue weighted by Crippen LogP contribution is 2.18. The molecule has 0 radical (unpaired) electrons. The van der Waals surface area contributed by atoms with Gasteiger partial charge in [-0.1, -0.05) is 0 Å². The molecule has 0 aromatic carbocycles. The largest absolute Gasteiger partial charge is 0.475 e. The van der Waals surface area contributed by atoms with Crippen LogP contribution < -0.4 is 0 Å². The number of Topliss-reactive ketones (excluding diaryl/α,β-unsaturated/α-hetero) is 1. The van der Waals surface area contributed by atoms with Gasteiger partial charge in [-0.05, 0) is 13.8 Å². The molecule has 1 heterocycles. The highest BCUT2D eigenvalue weighted by molar-refractivity contribution is 6.40. The molecule has 0 aliphatic carbocycles. The first-order valence-electron chi connectivity index (χ1n) is 4.72. The standard InChI is InChI=1S/C10H10FNO5/c1-3-17-10(16)7-6(11)5(4(2)12-7)8(13)9(14)15/h12H,3H2,1-2H3,(H,14,15). The molecule has 0 saturated carbocycles. The summed E-state index contributed by atoms with van der Waals surface area (Å²) in [5, 5.41) is 8.49. The molecule has 0 saturated heterocycles. The van der Waals surface area contributed by atoms with Gasteiger partial charge in [0.2, 0.25) is 0 Å². The number of halogens is 1. The van der Waals surface area contributed by atoms with E-state index in [4.69, 9.17) is 5.11 Å². The van der Waals surface area contributed by atoms with E-state index in [1.165, 1.54) is 13.8 Å². The lowest BCUT2D eigenvalue weighted by Gasteiger charge is -1.98. The lowest BCUT2D eigenvalue weighted by atomic mass is 10.1. The quantitative estimate of drug-likeness (QED) is 0.465. The number of H-pyrrole nitrogens is 1. The number of aliphatic carboxylic acids is 1. The second kappa shape index (κ2) is 4.77. The van der Waals surface area contributed by atoms with Crippen LogP contribution in [0.2, 0.25) is 0 Å². The first kappa shape index (κ1) is 12.9. The Balaban J connectivity index is 3.23. The van der Waals surface area contributed by atoms with Gasteiger partial charge in [-0.3, -0.25) is 4.79 Å². The van der Waals surface area contributed by atoms with Crippen LogP contribution in [0, 0.1) is 12.7 Å². The van der Waals surface area contributed by atoms with E-state index in [1.807, 2.05) is 0 Å². The summed E-state index contributed by atoms with van der Waals surface area (Å²) in [5.74, 6) is -5.38. The van der Waals surface area contributed by atoms with E-state index < -0.39 is 34.8 Å². The maximum atomic E-state index is 13.7. The molecule has 7 heteroatoms. The second-order valence-electron chi connectivity index (χ2n) is 3.17. The van der Waals surface area contributed by atoms with Gasteiger partial charge < -0.3 is 14.8 Å². The van der Waals surface area contributed by atoms with E-state index >= 15 is 0 Å². The zero-order valence-electron chi connectivity index (χ0n) is 9.17. The number of hydrogen-bond donors (Lipinski definition) is 2. The third kappa shape index (κ3) is 2.32. The maximum absolute atomic E-state index is 13.7. The molecule has 2 N–H and O–H groups in total. The van der Waals surface area contributed by atoms with Gasteiger partial charge in [-0.25, -0.2) is 14.0 Å². The first-order valence-corrected chi connectivity index (χ1v) is 4.72. The van der Waals surface area contributed by atoms with Gasteiger partial charge in [0.15, 0.2) is 11.5 Å². The summed E-state index contributed by atoms with van der Waals surface area (Å²) in [5.41, 5.74) is -1.23. The number of hydrogen-bond acceptors (Lipinski definition) is 4. The molecule has 1 aromatic rings. The van der Waals surface area contributed by atoms with E-state index in [0.717, 1.165) is 0 Å². The summed E-state index contributed by atoms with van der Waals surface area (Å²) in [7, 11) is 0. The third-order valence-corrected chi connectivity index (χ3v) is 2.03. The number of nitrogens with one attached hydrogen (secondary N) is 1. The molecule has 0 bridgehead atoms. The van der Waals surface area contributed by atoms with Gasteiger partial charge in [0.25, 0.3) is 5.78 Å². The average molecular weight is 243 g/mol. The molecular formula is C10H10FNO5. The smallest absolute Gasteiger partial charge is 0.377 e. The molecule has 0 spiro atoms. The molecule has 92 valence electrons. The van der Waals surface area contributed by atoms with Crippen LogP contribution in [0.1, 0.15) is 33.5 Å². The Hall–Kier alpha value is -2.18. The van der Waals surface area contributed by atoms with Gasteiger partial charge in [0, 0.05) is 5.69 Å². The van der Waals surface area contributed by atoms with Crippen molar-refractivity contribution >= 4 is 17.7 Å². The van der Waals surface area contributed by atoms with Crippen LogP contribution >= 0.6 is 0 Å². The van der Waals surface area contributed by atoms with Crippen molar-refractivity contribution in [3.63, 3.8) is 0 Å². The van der Waals surface area contributed by atoms with Crippen molar-refractivity contribution in [1.82, 2.24) is 4.98 Å². The van der Waals surface area contributed by atoms with E-state index in [2.05, 4.69) is 9.72 Å². The molecular weight excluding hydrogens is 233 g/mol. The van der Waals surface area contributed by atoms with Crippen LogP contribution in [0.15, 0.2) is 0 Å². The fraction of sp³-hybridized carbons (Fsp3) is 0.300. The Kier molecular flexibility index (Phi) is 3.62. The van der Waals surface area contributed by atoms with E-state index in [-0.39, 0.29) is 12.3 Å². The number of carbonyl (C=O) groups is 3. The highest BCUT2D eigenvalue weighted by Gasteiger charge is 2.29. The van der Waals surface area contributed by atoms with Gasteiger partial charge in [-0.15, -0.1) is 0 Å². The number of rotatable bonds is 4. The van der Waals surface area contributed by atoms with Gasteiger partial charge in [0.05, 0.1) is 12.2 Å². The Morgan fingerprint density at radius 2 is 2.00 bits per heavy atom. The van der Waals surface area contributed by atoms with Gasteiger partial charge >= 0.3 is 11.9 Å². The summed E-state index contributed by atoms with van der Waals surface area (Å²) in [6.45, 7) is 2.87. The van der Waals surface area contributed by atoms with Crippen LogP contribution in [-0.2, 0) is 9.53 Å². The zero-order chi connectivity index (χ0) is 13.2. The highest BCUT2D eigenvalue weighted by atomic mass is 19.1. The number of carbonyl (C=O) groups excluding carboxylic acids is 2. The van der Waals surface area contributed by atoms with Crippen molar-refractivity contribution < 1.29 is 28.6 Å². The van der Waals surface area contributed by atoms with Crippen molar-refractivity contribution in [3.05, 3.63) is 22.8 Å². The Morgan fingerprint density at radius 3 is 2.47 bits per heavy atom. The zero-order valence-corrected chi connectivity index (χ0v) is 9.17. The van der Waals surface area contributed by atoms with Crippen molar-refractivity contribution in [2.75, 3.05) is 6.61 Å². The fourth-order valence-corrected chi connectivity index (χ4v) is 1.32. The average Bonchev–Trinajstić information content (AvgIpc) is 2.53. The first-order chi connectivity index (χ1) is 7.90. The number of ketones is 1. The van der Waals surface area contributed by atoms with Crippen LogP contribution in [0.25, 0.3) is 0 Å². The van der Waals surface area contributed by atoms with Crippen molar-refractivity contribution in [2.45, 2.75) is 13.8 Å². The molecule has 1 rings (SSSR count). The summed E-state index contributed by atoms with van der Waals surface area (Å²) in [6.07, 6.45) is 0. The maximum Gasteiger partial charge on any atom is 0.377 e. The Morgan fingerprint density at radius 1 is 1.41 bits per heavy atom. The number of ether oxygens (including phenoxy) is 1. The van der Waals surface area contributed by atoms with E-state index in [0.29, 0.717) is 0 Å².